The highest BCUT2D eigenvalue weighted by Crippen LogP contribution is 2.21. The number of aromatic nitrogens is 3. The summed E-state index contributed by atoms with van der Waals surface area (Å²) in [5, 5.41) is 7.46. The van der Waals surface area contributed by atoms with Crippen molar-refractivity contribution in [2.24, 2.45) is 12.8 Å². The van der Waals surface area contributed by atoms with Gasteiger partial charge in [-0.05, 0) is 17.7 Å². The van der Waals surface area contributed by atoms with Gasteiger partial charge in [0, 0.05) is 19.2 Å². The Hall–Kier alpha value is -1.75. The van der Waals surface area contributed by atoms with Crippen LogP contribution in [0.1, 0.15) is 5.56 Å². The fourth-order valence-electron chi connectivity index (χ4n) is 1.43. The molecule has 0 unspecified atom stereocenters. The molecule has 0 aliphatic rings. The second kappa shape index (κ2) is 3.78. The number of rotatable bonds is 2. The van der Waals surface area contributed by atoms with Crippen LogP contribution in [0.3, 0.4) is 0 Å². The first-order valence-corrected chi connectivity index (χ1v) is 4.56. The number of aryl methyl sites for hydroxylation is 1. The van der Waals surface area contributed by atoms with E-state index in [0.717, 1.165) is 5.56 Å². The van der Waals surface area contributed by atoms with E-state index in [-0.39, 0.29) is 5.82 Å². The standard InChI is InChI=1S/C10H11FN4/c1-15-10(6-13-14-15)8-3-2-7(5-12)4-9(8)11/h2-4,6H,5,12H2,1H3. The molecule has 1 aromatic heterocycles. The zero-order valence-corrected chi connectivity index (χ0v) is 8.31. The quantitative estimate of drug-likeness (QED) is 0.799. The monoisotopic (exact) mass is 206 g/mol. The second-order valence-corrected chi connectivity index (χ2v) is 3.26. The lowest BCUT2D eigenvalue weighted by Gasteiger charge is -2.04. The average Bonchev–Trinajstić information content (AvgIpc) is 2.64. The minimum absolute atomic E-state index is 0.302. The van der Waals surface area contributed by atoms with Gasteiger partial charge in [-0.1, -0.05) is 11.3 Å². The second-order valence-electron chi connectivity index (χ2n) is 3.26. The lowest BCUT2D eigenvalue weighted by Crippen LogP contribution is -1.99. The van der Waals surface area contributed by atoms with Crippen LogP contribution in [-0.2, 0) is 13.6 Å². The molecule has 0 aliphatic heterocycles. The first-order valence-electron chi connectivity index (χ1n) is 4.56. The van der Waals surface area contributed by atoms with E-state index in [1.54, 1.807) is 19.2 Å². The molecule has 2 N–H and O–H groups in total. The Balaban J connectivity index is 2.50. The van der Waals surface area contributed by atoms with E-state index in [0.29, 0.717) is 17.8 Å². The molecule has 15 heavy (non-hydrogen) atoms. The zero-order chi connectivity index (χ0) is 10.8. The molecule has 78 valence electrons. The zero-order valence-electron chi connectivity index (χ0n) is 8.31. The van der Waals surface area contributed by atoms with Crippen molar-refractivity contribution < 1.29 is 4.39 Å². The van der Waals surface area contributed by atoms with Crippen molar-refractivity contribution in [3.8, 4) is 11.3 Å². The summed E-state index contributed by atoms with van der Waals surface area (Å²) in [4.78, 5) is 0. The van der Waals surface area contributed by atoms with Crippen molar-refractivity contribution in [3.05, 3.63) is 35.8 Å². The fourth-order valence-corrected chi connectivity index (χ4v) is 1.43. The Morgan fingerprint density at radius 1 is 1.47 bits per heavy atom. The third kappa shape index (κ3) is 1.73. The molecule has 5 heteroatoms. The van der Waals surface area contributed by atoms with E-state index < -0.39 is 0 Å². The predicted molar refractivity (Wildman–Crippen MR) is 54.3 cm³/mol. The van der Waals surface area contributed by atoms with Gasteiger partial charge in [-0.2, -0.15) is 0 Å². The largest absolute Gasteiger partial charge is 0.326 e. The number of benzene rings is 1. The van der Waals surface area contributed by atoms with Gasteiger partial charge >= 0.3 is 0 Å². The molecule has 1 heterocycles. The summed E-state index contributed by atoms with van der Waals surface area (Å²) in [6.07, 6.45) is 1.53. The van der Waals surface area contributed by atoms with Crippen LogP contribution >= 0.6 is 0 Å². The van der Waals surface area contributed by atoms with Crippen molar-refractivity contribution >= 4 is 0 Å². The molecule has 0 spiro atoms. The summed E-state index contributed by atoms with van der Waals surface area (Å²) in [6, 6.07) is 4.92. The summed E-state index contributed by atoms with van der Waals surface area (Å²) in [5.41, 5.74) is 7.33. The molecule has 0 aliphatic carbocycles. The van der Waals surface area contributed by atoms with Gasteiger partial charge in [0.2, 0.25) is 0 Å². The molecule has 2 aromatic rings. The maximum absolute atomic E-state index is 13.7. The van der Waals surface area contributed by atoms with E-state index in [1.807, 2.05) is 0 Å². The van der Waals surface area contributed by atoms with Gasteiger partial charge in [0.05, 0.1) is 11.9 Å². The van der Waals surface area contributed by atoms with Crippen LogP contribution in [0.2, 0.25) is 0 Å². The van der Waals surface area contributed by atoms with Crippen molar-refractivity contribution in [1.82, 2.24) is 15.0 Å². The number of hydrogen-bond acceptors (Lipinski definition) is 3. The molecule has 0 saturated heterocycles. The van der Waals surface area contributed by atoms with Crippen molar-refractivity contribution in [2.75, 3.05) is 0 Å². The third-order valence-corrected chi connectivity index (χ3v) is 2.26. The van der Waals surface area contributed by atoms with Crippen LogP contribution in [0.4, 0.5) is 4.39 Å². The van der Waals surface area contributed by atoms with Gasteiger partial charge in [0.25, 0.3) is 0 Å². The van der Waals surface area contributed by atoms with E-state index >= 15 is 0 Å². The van der Waals surface area contributed by atoms with Gasteiger partial charge in [-0.15, -0.1) is 5.10 Å². The van der Waals surface area contributed by atoms with E-state index in [1.165, 1.54) is 16.9 Å². The Bertz CT molecular complexity index is 478. The van der Waals surface area contributed by atoms with Gasteiger partial charge in [-0.25, -0.2) is 9.07 Å². The van der Waals surface area contributed by atoms with Crippen molar-refractivity contribution in [3.63, 3.8) is 0 Å². The van der Waals surface area contributed by atoms with Crippen LogP contribution < -0.4 is 5.73 Å². The molecular formula is C10H11FN4. The first kappa shape index (κ1) is 9.79. The molecule has 0 fully saturated rings. The van der Waals surface area contributed by atoms with Crippen molar-refractivity contribution in [1.29, 1.82) is 0 Å². The Kier molecular flexibility index (Phi) is 2.47. The van der Waals surface area contributed by atoms with Gasteiger partial charge < -0.3 is 5.73 Å². The van der Waals surface area contributed by atoms with Gasteiger partial charge in [-0.3, -0.25) is 0 Å². The van der Waals surface area contributed by atoms with Crippen LogP contribution in [0.25, 0.3) is 11.3 Å². The minimum atomic E-state index is -0.302. The molecule has 0 amide bonds. The van der Waals surface area contributed by atoms with Crippen LogP contribution in [0.5, 0.6) is 0 Å². The smallest absolute Gasteiger partial charge is 0.132 e. The lowest BCUT2D eigenvalue weighted by atomic mass is 10.1. The molecule has 4 nitrogen and oxygen atoms in total. The minimum Gasteiger partial charge on any atom is -0.326 e. The fraction of sp³-hybridized carbons (Fsp3) is 0.200. The Labute approximate surface area is 86.5 Å². The van der Waals surface area contributed by atoms with Crippen molar-refractivity contribution in [2.45, 2.75) is 6.54 Å². The Morgan fingerprint density at radius 3 is 2.80 bits per heavy atom. The van der Waals surface area contributed by atoms with E-state index in [2.05, 4.69) is 10.3 Å². The summed E-state index contributed by atoms with van der Waals surface area (Å²) in [6.45, 7) is 0.334. The molecular weight excluding hydrogens is 195 g/mol. The maximum Gasteiger partial charge on any atom is 0.132 e. The number of halogens is 1. The summed E-state index contributed by atoms with van der Waals surface area (Å²) < 4.78 is 15.2. The summed E-state index contributed by atoms with van der Waals surface area (Å²) in [7, 11) is 1.72. The SMILES string of the molecule is Cn1nncc1-c1ccc(CN)cc1F. The number of hydrogen-bond donors (Lipinski definition) is 1. The van der Waals surface area contributed by atoms with Crippen LogP contribution in [-0.4, -0.2) is 15.0 Å². The summed E-state index contributed by atoms with van der Waals surface area (Å²) >= 11 is 0. The van der Waals surface area contributed by atoms with Crippen LogP contribution in [0.15, 0.2) is 24.4 Å². The molecule has 2 rings (SSSR count). The normalized spacial score (nSPS) is 10.6. The highest BCUT2D eigenvalue weighted by Gasteiger charge is 2.09. The number of nitrogens with zero attached hydrogens (tertiary/aromatic N) is 3. The highest BCUT2D eigenvalue weighted by atomic mass is 19.1. The van der Waals surface area contributed by atoms with Crippen LogP contribution in [0, 0.1) is 5.82 Å². The molecule has 0 radical (unpaired) electrons. The Morgan fingerprint density at radius 2 is 2.27 bits per heavy atom. The van der Waals surface area contributed by atoms with E-state index in [9.17, 15) is 4.39 Å². The predicted octanol–water partition coefficient (Wildman–Crippen LogP) is 1.08. The summed E-state index contributed by atoms with van der Waals surface area (Å²) in [5.74, 6) is -0.302. The first-order chi connectivity index (χ1) is 7.22. The maximum atomic E-state index is 13.7. The lowest BCUT2D eigenvalue weighted by molar-refractivity contribution is 0.625. The molecule has 0 saturated carbocycles. The number of nitrogens with two attached hydrogens (primary N) is 1. The average molecular weight is 206 g/mol. The van der Waals surface area contributed by atoms with Gasteiger partial charge in [0.15, 0.2) is 0 Å². The van der Waals surface area contributed by atoms with E-state index in [4.69, 9.17) is 5.73 Å². The van der Waals surface area contributed by atoms with Gasteiger partial charge in [0.1, 0.15) is 5.82 Å². The molecule has 1 aromatic carbocycles. The molecule has 0 bridgehead atoms. The topological polar surface area (TPSA) is 56.7 Å². The molecule has 0 atom stereocenters. The highest BCUT2D eigenvalue weighted by molar-refractivity contribution is 5.59. The third-order valence-electron chi connectivity index (χ3n) is 2.26.